The van der Waals surface area contributed by atoms with Gasteiger partial charge in [-0.15, -0.1) is 0 Å². The smallest absolute Gasteiger partial charge is 0.165 e. The van der Waals surface area contributed by atoms with Gasteiger partial charge in [-0.25, -0.2) is 4.39 Å². The van der Waals surface area contributed by atoms with E-state index < -0.39 is 11.9 Å². The standard InChI is InChI=1S/C18H18FN3O2/c1-3-22-11-14(10-21-22)24-17-5-4-8-20-18(17)15-7-6-13(19)9-16(15)12(2)23/h4-12,23H,3H2,1-2H3/t12-/m1/s1. The monoisotopic (exact) mass is 327 g/mol. The molecule has 0 amide bonds. The van der Waals surface area contributed by atoms with E-state index in [0.717, 1.165) is 6.54 Å². The second-order valence-electron chi connectivity index (χ2n) is 5.39. The summed E-state index contributed by atoms with van der Waals surface area (Å²) >= 11 is 0. The second kappa shape index (κ2) is 6.80. The molecule has 3 aromatic rings. The number of hydrogen-bond acceptors (Lipinski definition) is 4. The molecular weight excluding hydrogens is 309 g/mol. The molecule has 124 valence electrons. The lowest BCUT2D eigenvalue weighted by Crippen LogP contribution is -1.99. The van der Waals surface area contributed by atoms with Crippen LogP contribution in [-0.2, 0) is 6.54 Å². The van der Waals surface area contributed by atoms with Gasteiger partial charge in [-0.2, -0.15) is 5.10 Å². The van der Waals surface area contributed by atoms with Crippen molar-refractivity contribution in [1.82, 2.24) is 14.8 Å². The van der Waals surface area contributed by atoms with E-state index in [1.165, 1.54) is 12.1 Å². The highest BCUT2D eigenvalue weighted by molar-refractivity contribution is 5.70. The Morgan fingerprint density at radius 3 is 2.88 bits per heavy atom. The highest BCUT2D eigenvalue weighted by atomic mass is 19.1. The maximum atomic E-state index is 13.5. The Labute approximate surface area is 139 Å². The number of aliphatic hydroxyl groups is 1. The third-order valence-electron chi connectivity index (χ3n) is 3.65. The number of pyridine rings is 1. The van der Waals surface area contributed by atoms with E-state index >= 15 is 0 Å². The number of halogens is 1. The summed E-state index contributed by atoms with van der Waals surface area (Å²) in [5.41, 5.74) is 1.63. The Hall–Kier alpha value is -2.73. The molecule has 0 aliphatic heterocycles. The first-order valence-electron chi connectivity index (χ1n) is 7.71. The molecule has 6 heteroatoms. The average molecular weight is 327 g/mol. The quantitative estimate of drug-likeness (QED) is 0.771. The Balaban J connectivity index is 2.03. The molecule has 1 aromatic carbocycles. The summed E-state index contributed by atoms with van der Waals surface area (Å²) in [6.45, 7) is 4.32. The number of aliphatic hydroxyl groups excluding tert-OH is 1. The summed E-state index contributed by atoms with van der Waals surface area (Å²) < 4.78 is 21.2. The van der Waals surface area contributed by atoms with Gasteiger partial charge in [0.2, 0.25) is 0 Å². The number of aryl methyl sites for hydroxylation is 1. The molecule has 0 aliphatic carbocycles. The summed E-state index contributed by atoms with van der Waals surface area (Å²) in [7, 11) is 0. The molecule has 0 bridgehead atoms. The van der Waals surface area contributed by atoms with Crippen LogP contribution in [0.25, 0.3) is 11.3 Å². The number of hydrogen-bond donors (Lipinski definition) is 1. The van der Waals surface area contributed by atoms with E-state index in [9.17, 15) is 9.50 Å². The second-order valence-corrected chi connectivity index (χ2v) is 5.39. The molecule has 24 heavy (non-hydrogen) atoms. The van der Waals surface area contributed by atoms with Crippen LogP contribution in [0.1, 0.15) is 25.5 Å². The van der Waals surface area contributed by atoms with Gasteiger partial charge in [0.1, 0.15) is 11.5 Å². The Kier molecular flexibility index (Phi) is 4.57. The highest BCUT2D eigenvalue weighted by Gasteiger charge is 2.16. The van der Waals surface area contributed by atoms with Crippen molar-refractivity contribution in [3.05, 3.63) is 60.3 Å². The first kappa shape index (κ1) is 16.1. The van der Waals surface area contributed by atoms with Crippen LogP contribution in [0.4, 0.5) is 4.39 Å². The molecule has 0 radical (unpaired) electrons. The van der Waals surface area contributed by atoms with E-state index in [1.807, 2.05) is 6.92 Å². The van der Waals surface area contributed by atoms with E-state index in [4.69, 9.17) is 4.74 Å². The minimum atomic E-state index is -0.826. The predicted octanol–water partition coefficient (Wildman–Crippen LogP) is 3.95. The molecule has 2 heterocycles. The van der Waals surface area contributed by atoms with E-state index in [1.54, 1.807) is 48.4 Å². The van der Waals surface area contributed by atoms with Crippen LogP contribution in [0, 0.1) is 5.82 Å². The van der Waals surface area contributed by atoms with Crippen LogP contribution in [0.15, 0.2) is 48.9 Å². The largest absolute Gasteiger partial charge is 0.452 e. The van der Waals surface area contributed by atoms with E-state index in [2.05, 4.69) is 10.1 Å². The first-order valence-corrected chi connectivity index (χ1v) is 7.71. The van der Waals surface area contributed by atoms with Crippen LogP contribution in [0.5, 0.6) is 11.5 Å². The first-order chi connectivity index (χ1) is 11.6. The van der Waals surface area contributed by atoms with Crippen molar-refractivity contribution in [2.45, 2.75) is 26.5 Å². The third-order valence-corrected chi connectivity index (χ3v) is 3.65. The fourth-order valence-electron chi connectivity index (χ4n) is 2.47. The normalized spacial score (nSPS) is 12.2. The van der Waals surface area contributed by atoms with Crippen molar-refractivity contribution in [2.24, 2.45) is 0 Å². The number of nitrogens with zero attached hydrogens (tertiary/aromatic N) is 3. The topological polar surface area (TPSA) is 60.2 Å². The SMILES string of the molecule is CCn1cc(Oc2cccnc2-c2ccc(F)cc2[C@@H](C)O)cn1. The molecule has 0 saturated carbocycles. The van der Waals surface area contributed by atoms with Crippen LogP contribution in [0.2, 0.25) is 0 Å². The molecule has 0 fully saturated rings. The molecule has 0 spiro atoms. The zero-order valence-corrected chi connectivity index (χ0v) is 13.5. The van der Waals surface area contributed by atoms with Gasteiger partial charge in [0.05, 0.1) is 18.5 Å². The Bertz CT molecular complexity index is 846. The number of benzene rings is 1. The zero-order chi connectivity index (χ0) is 17.1. The van der Waals surface area contributed by atoms with Crippen molar-refractivity contribution < 1.29 is 14.2 Å². The van der Waals surface area contributed by atoms with Gasteiger partial charge in [0.25, 0.3) is 0 Å². The molecule has 1 N–H and O–H groups in total. The maximum absolute atomic E-state index is 13.5. The lowest BCUT2D eigenvalue weighted by molar-refractivity contribution is 0.199. The average Bonchev–Trinajstić information content (AvgIpc) is 3.03. The van der Waals surface area contributed by atoms with Crippen LogP contribution < -0.4 is 4.74 Å². The number of rotatable bonds is 5. The van der Waals surface area contributed by atoms with Gasteiger partial charge in [0, 0.05) is 18.3 Å². The maximum Gasteiger partial charge on any atom is 0.165 e. The summed E-state index contributed by atoms with van der Waals surface area (Å²) in [6.07, 6.45) is 4.22. The lowest BCUT2D eigenvalue weighted by Gasteiger charge is -2.14. The Morgan fingerprint density at radius 1 is 1.33 bits per heavy atom. The highest BCUT2D eigenvalue weighted by Crippen LogP contribution is 2.35. The van der Waals surface area contributed by atoms with Crippen molar-refractivity contribution in [2.75, 3.05) is 0 Å². The Morgan fingerprint density at radius 2 is 2.17 bits per heavy atom. The summed E-state index contributed by atoms with van der Waals surface area (Å²) in [5.74, 6) is 0.700. The zero-order valence-electron chi connectivity index (χ0n) is 13.5. The van der Waals surface area contributed by atoms with Crippen LogP contribution in [0.3, 0.4) is 0 Å². The van der Waals surface area contributed by atoms with Crippen LogP contribution >= 0.6 is 0 Å². The summed E-state index contributed by atoms with van der Waals surface area (Å²) in [4.78, 5) is 4.36. The van der Waals surface area contributed by atoms with Crippen molar-refractivity contribution in [1.29, 1.82) is 0 Å². The van der Waals surface area contributed by atoms with Gasteiger partial charge >= 0.3 is 0 Å². The summed E-state index contributed by atoms with van der Waals surface area (Å²) in [5, 5.41) is 14.1. The number of aromatic nitrogens is 3. The molecule has 0 unspecified atom stereocenters. The fraction of sp³-hybridized carbons (Fsp3) is 0.222. The van der Waals surface area contributed by atoms with Gasteiger partial charge in [0.15, 0.2) is 11.5 Å². The van der Waals surface area contributed by atoms with Gasteiger partial charge in [-0.05, 0) is 49.7 Å². The van der Waals surface area contributed by atoms with Crippen LogP contribution in [-0.4, -0.2) is 19.9 Å². The van der Waals surface area contributed by atoms with Gasteiger partial charge in [-0.1, -0.05) is 0 Å². The minimum absolute atomic E-state index is 0.405. The molecule has 5 nitrogen and oxygen atoms in total. The molecule has 1 atom stereocenters. The lowest BCUT2D eigenvalue weighted by atomic mass is 9.99. The van der Waals surface area contributed by atoms with Gasteiger partial charge < -0.3 is 9.84 Å². The van der Waals surface area contributed by atoms with E-state index in [-0.39, 0.29) is 0 Å². The third kappa shape index (κ3) is 3.28. The molecule has 2 aromatic heterocycles. The molecule has 0 saturated heterocycles. The number of ether oxygens (including phenoxy) is 1. The summed E-state index contributed by atoms with van der Waals surface area (Å²) in [6, 6.07) is 7.79. The van der Waals surface area contributed by atoms with Crippen molar-refractivity contribution in [3.63, 3.8) is 0 Å². The van der Waals surface area contributed by atoms with E-state index in [0.29, 0.717) is 28.3 Å². The van der Waals surface area contributed by atoms with Crippen molar-refractivity contribution in [3.8, 4) is 22.8 Å². The van der Waals surface area contributed by atoms with Gasteiger partial charge in [-0.3, -0.25) is 9.67 Å². The predicted molar refractivity (Wildman–Crippen MR) is 88.2 cm³/mol. The fourth-order valence-corrected chi connectivity index (χ4v) is 2.47. The molecular formula is C18H18FN3O2. The minimum Gasteiger partial charge on any atom is -0.452 e. The molecule has 3 rings (SSSR count). The molecule has 0 aliphatic rings. The van der Waals surface area contributed by atoms with Crippen molar-refractivity contribution >= 4 is 0 Å².